The molecule has 0 radical (unpaired) electrons. The minimum absolute atomic E-state index is 0.00722. The van der Waals surface area contributed by atoms with Crippen LogP contribution in [0.1, 0.15) is 26.7 Å². The third kappa shape index (κ3) is 3.31. The number of nitrogens with one attached hydrogen (secondary N) is 1. The molecule has 1 saturated heterocycles. The molecule has 1 aliphatic heterocycles. The second-order valence-electron chi connectivity index (χ2n) is 5.15. The highest BCUT2D eigenvalue weighted by molar-refractivity contribution is 14.1. The number of carbonyl (C=O) groups excluding carboxylic acids is 2. The molecule has 4 nitrogen and oxygen atoms in total. The zero-order valence-electron chi connectivity index (χ0n) is 11.7. The summed E-state index contributed by atoms with van der Waals surface area (Å²) in [5.41, 5.74) is 0.867. The third-order valence-corrected chi connectivity index (χ3v) is 4.41. The highest BCUT2D eigenvalue weighted by atomic mass is 127. The molecule has 0 bridgehead atoms. The predicted octanol–water partition coefficient (Wildman–Crippen LogP) is 2.56. The van der Waals surface area contributed by atoms with Crippen LogP contribution in [0.25, 0.3) is 0 Å². The largest absolute Gasteiger partial charge is 0.344 e. The molecule has 1 N–H and O–H groups in total. The van der Waals surface area contributed by atoms with Crippen molar-refractivity contribution in [3.05, 3.63) is 27.8 Å². The average molecular weight is 386 g/mol. The summed E-state index contributed by atoms with van der Waals surface area (Å²) in [6, 6.07) is 7.39. The second kappa shape index (κ2) is 6.56. The van der Waals surface area contributed by atoms with E-state index >= 15 is 0 Å². The summed E-state index contributed by atoms with van der Waals surface area (Å²) in [7, 11) is 0. The van der Waals surface area contributed by atoms with Crippen molar-refractivity contribution in [2.24, 2.45) is 5.92 Å². The smallest absolute Gasteiger partial charge is 0.249 e. The van der Waals surface area contributed by atoms with Crippen molar-refractivity contribution < 1.29 is 9.59 Å². The van der Waals surface area contributed by atoms with Crippen molar-refractivity contribution in [1.82, 2.24) is 5.32 Å². The summed E-state index contributed by atoms with van der Waals surface area (Å²) in [5.74, 6) is 0.0822. The van der Waals surface area contributed by atoms with Crippen LogP contribution in [0.5, 0.6) is 0 Å². The van der Waals surface area contributed by atoms with E-state index in [4.69, 9.17) is 0 Å². The van der Waals surface area contributed by atoms with E-state index in [2.05, 4.69) is 27.9 Å². The van der Waals surface area contributed by atoms with Crippen molar-refractivity contribution in [3.8, 4) is 0 Å². The zero-order valence-corrected chi connectivity index (χ0v) is 13.9. The molecule has 1 fully saturated rings. The molecule has 1 aromatic carbocycles. The van der Waals surface area contributed by atoms with Gasteiger partial charge in [-0.1, -0.05) is 26.3 Å². The number of halogens is 1. The molecule has 1 heterocycles. The first-order chi connectivity index (χ1) is 9.52. The molecular weight excluding hydrogens is 367 g/mol. The van der Waals surface area contributed by atoms with E-state index in [0.717, 1.165) is 15.7 Å². The lowest BCUT2D eigenvalue weighted by atomic mass is 9.98. The number of hydrogen-bond donors (Lipinski definition) is 1. The van der Waals surface area contributed by atoms with E-state index in [1.165, 1.54) is 0 Å². The maximum Gasteiger partial charge on any atom is 0.249 e. The van der Waals surface area contributed by atoms with E-state index in [1.54, 1.807) is 4.90 Å². The van der Waals surface area contributed by atoms with E-state index in [9.17, 15) is 9.59 Å². The predicted molar refractivity (Wildman–Crippen MR) is 87.5 cm³/mol. The van der Waals surface area contributed by atoms with E-state index in [1.807, 2.05) is 38.1 Å². The molecule has 5 heteroatoms. The highest BCUT2D eigenvalue weighted by Gasteiger charge is 2.33. The monoisotopic (exact) mass is 386 g/mol. The Bertz CT molecular complexity index is 518. The van der Waals surface area contributed by atoms with Gasteiger partial charge in [-0.15, -0.1) is 0 Å². The van der Waals surface area contributed by atoms with E-state index in [0.29, 0.717) is 13.0 Å². The van der Waals surface area contributed by atoms with Gasteiger partial charge in [0.05, 0.1) is 0 Å². The SMILES string of the molecule is CCC(C)C1NC(=O)CCN(c2cccc(I)c2)C1=O. The van der Waals surface area contributed by atoms with Gasteiger partial charge in [0, 0.05) is 22.2 Å². The highest BCUT2D eigenvalue weighted by Crippen LogP contribution is 2.22. The van der Waals surface area contributed by atoms with Crippen LogP contribution < -0.4 is 10.2 Å². The van der Waals surface area contributed by atoms with Crippen LogP contribution >= 0.6 is 22.6 Å². The normalized spacial score (nSPS) is 21.4. The van der Waals surface area contributed by atoms with Gasteiger partial charge in [-0.25, -0.2) is 0 Å². The van der Waals surface area contributed by atoms with Crippen LogP contribution in [0, 0.1) is 9.49 Å². The maximum absolute atomic E-state index is 12.7. The summed E-state index contributed by atoms with van der Waals surface area (Å²) in [6.45, 7) is 4.48. The Kier molecular flexibility index (Phi) is 5.01. The fourth-order valence-corrected chi connectivity index (χ4v) is 2.85. The van der Waals surface area contributed by atoms with Gasteiger partial charge in [-0.05, 0) is 46.7 Å². The lowest BCUT2D eigenvalue weighted by molar-refractivity contribution is -0.126. The zero-order chi connectivity index (χ0) is 14.7. The van der Waals surface area contributed by atoms with E-state index in [-0.39, 0.29) is 17.7 Å². The summed E-state index contributed by atoms with van der Waals surface area (Å²) in [5, 5.41) is 2.86. The summed E-state index contributed by atoms with van der Waals surface area (Å²) in [4.78, 5) is 26.3. The van der Waals surface area contributed by atoms with Crippen LogP contribution in [-0.2, 0) is 9.59 Å². The van der Waals surface area contributed by atoms with Crippen molar-refractivity contribution >= 4 is 40.1 Å². The van der Waals surface area contributed by atoms with Crippen LogP contribution in [0.2, 0.25) is 0 Å². The van der Waals surface area contributed by atoms with Crippen molar-refractivity contribution in [1.29, 1.82) is 0 Å². The Morgan fingerprint density at radius 1 is 1.45 bits per heavy atom. The Balaban J connectivity index is 2.32. The third-order valence-electron chi connectivity index (χ3n) is 3.74. The molecule has 2 atom stereocenters. The fraction of sp³-hybridized carbons (Fsp3) is 0.467. The molecule has 0 spiro atoms. The van der Waals surface area contributed by atoms with Crippen LogP contribution in [-0.4, -0.2) is 24.4 Å². The number of rotatable bonds is 3. The molecule has 2 unspecified atom stereocenters. The summed E-state index contributed by atoms with van der Waals surface area (Å²) < 4.78 is 1.08. The van der Waals surface area contributed by atoms with Crippen molar-refractivity contribution in [2.45, 2.75) is 32.7 Å². The number of anilines is 1. The first-order valence-electron chi connectivity index (χ1n) is 6.89. The summed E-state index contributed by atoms with van der Waals surface area (Å²) >= 11 is 2.23. The Morgan fingerprint density at radius 2 is 2.20 bits per heavy atom. The molecule has 0 aromatic heterocycles. The molecule has 20 heavy (non-hydrogen) atoms. The minimum Gasteiger partial charge on any atom is -0.344 e. The number of carbonyl (C=O) groups is 2. The van der Waals surface area contributed by atoms with Gasteiger partial charge in [0.15, 0.2) is 0 Å². The van der Waals surface area contributed by atoms with Gasteiger partial charge in [0.25, 0.3) is 0 Å². The molecule has 1 aromatic rings. The molecule has 2 rings (SSSR count). The quantitative estimate of drug-likeness (QED) is 0.812. The van der Waals surface area contributed by atoms with Crippen LogP contribution in [0.3, 0.4) is 0 Å². The molecule has 1 aliphatic rings. The lowest BCUT2D eigenvalue weighted by Gasteiger charge is -2.27. The molecule has 108 valence electrons. The van der Waals surface area contributed by atoms with Gasteiger partial charge in [0.1, 0.15) is 6.04 Å². The van der Waals surface area contributed by atoms with Gasteiger partial charge < -0.3 is 10.2 Å². The van der Waals surface area contributed by atoms with Gasteiger partial charge in [-0.2, -0.15) is 0 Å². The number of benzene rings is 1. The van der Waals surface area contributed by atoms with E-state index < -0.39 is 6.04 Å². The van der Waals surface area contributed by atoms with Crippen LogP contribution in [0.15, 0.2) is 24.3 Å². The Labute approximate surface area is 133 Å². The Hall–Kier alpha value is -1.11. The molecule has 2 amide bonds. The molecular formula is C15H19IN2O2. The second-order valence-corrected chi connectivity index (χ2v) is 6.40. The standard InChI is InChI=1S/C15H19IN2O2/c1-3-10(2)14-15(20)18(8-7-13(19)17-14)12-6-4-5-11(16)9-12/h4-6,9-10,14H,3,7-8H2,1-2H3,(H,17,19). The first kappa shape index (κ1) is 15.3. The van der Waals surface area contributed by atoms with Gasteiger partial charge in [0.2, 0.25) is 11.8 Å². The first-order valence-corrected chi connectivity index (χ1v) is 7.97. The number of amides is 2. The lowest BCUT2D eigenvalue weighted by Crippen LogP contribution is -2.48. The van der Waals surface area contributed by atoms with Crippen molar-refractivity contribution in [3.63, 3.8) is 0 Å². The Morgan fingerprint density at radius 3 is 2.85 bits per heavy atom. The minimum atomic E-state index is -0.423. The van der Waals surface area contributed by atoms with Crippen molar-refractivity contribution in [2.75, 3.05) is 11.4 Å². The summed E-state index contributed by atoms with van der Waals surface area (Å²) in [6.07, 6.45) is 1.21. The number of nitrogens with zero attached hydrogens (tertiary/aromatic N) is 1. The van der Waals surface area contributed by atoms with Crippen LogP contribution in [0.4, 0.5) is 5.69 Å². The maximum atomic E-state index is 12.7. The van der Waals surface area contributed by atoms with Gasteiger partial charge >= 0.3 is 0 Å². The number of hydrogen-bond acceptors (Lipinski definition) is 2. The molecule has 0 saturated carbocycles. The molecule has 0 aliphatic carbocycles. The average Bonchev–Trinajstić information content (AvgIpc) is 2.58. The fourth-order valence-electron chi connectivity index (χ4n) is 2.32. The van der Waals surface area contributed by atoms with Gasteiger partial charge in [-0.3, -0.25) is 9.59 Å². The topological polar surface area (TPSA) is 49.4 Å².